The van der Waals surface area contributed by atoms with E-state index in [4.69, 9.17) is 25.2 Å². The van der Waals surface area contributed by atoms with Crippen molar-refractivity contribution in [3.8, 4) is 0 Å². The molecule has 1 aliphatic carbocycles. The van der Waals surface area contributed by atoms with E-state index in [1.54, 1.807) is 0 Å². The van der Waals surface area contributed by atoms with Gasteiger partial charge in [-0.15, -0.1) is 0 Å². The molecule has 0 saturated heterocycles. The smallest absolute Gasteiger partial charge is 0 e. The minimum Gasteiger partial charge on any atom is -0.577 e. The summed E-state index contributed by atoms with van der Waals surface area (Å²) in [5.74, 6) is 0.222. The van der Waals surface area contributed by atoms with Crippen LogP contribution in [0.1, 0.15) is 0 Å². The second-order valence-corrected chi connectivity index (χ2v) is 1.71. The van der Waals surface area contributed by atoms with Crippen molar-refractivity contribution in [2.75, 3.05) is 7.11 Å². The summed E-state index contributed by atoms with van der Waals surface area (Å²) < 4.78 is 19.7. The van der Waals surface area contributed by atoms with E-state index >= 15 is 0 Å². The van der Waals surface area contributed by atoms with Crippen molar-refractivity contribution in [3.63, 3.8) is 0 Å². The van der Waals surface area contributed by atoms with E-state index in [9.17, 15) is 0 Å². The quantitative estimate of drug-likeness (QED) is 0.333. The first-order valence-corrected chi connectivity index (χ1v) is 3.28. The molecule has 0 aliphatic heterocycles. The summed E-state index contributed by atoms with van der Waals surface area (Å²) in [6.07, 6.45) is 7.43. The Morgan fingerprint density at radius 1 is 1.31 bits per heavy atom. The van der Waals surface area contributed by atoms with Gasteiger partial charge in [-0.1, -0.05) is 18.2 Å². The number of nitroso groups, excluding NO2 is 1. The molecule has 0 saturated carbocycles. The summed E-state index contributed by atoms with van der Waals surface area (Å²) >= 11 is 0. The molecule has 0 spiro atoms. The van der Waals surface area contributed by atoms with E-state index in [0.29, 0.717) is 0 Å². The van der Waals surface area contributed by atoms with E-state index < -0.39 is 0 Å². The number of allylic oxidation sites excluding steroid dienone is 3. The summed E-state index contributed by atoms with van der Waals surface area (Å²) in [5.41, 5.74) is 6.58. The van der Waals surface area contributed by atoms with Crippen molar-refractivity contribution in [2.45, 2.75) is 0 Å². The van der Waals surface area contributed by atoms with Crippen LogP contribution in [0.3, 0.4) is 0 Å². The maximum absolute atomic E-state index is 7.50. The Morgan fingerprint density at radius 3 is 2.00 bits per heavy atom. The van der Waals surface area contributed by atoms with Gasteiger partial charge in [0.15, 0.2) is 0 Å². The summed E-state index contributed by atoms with van der Waals surface area (Å²) in [6.45, 7) is 9.00. The zero-order valence-electron chi connectivity index (χ0n) is 8.30. The fourth-order valence-corrected chi connectivity index (χ4v) is 0.643. The average Bonchev–Trinajstić information content (AvgIpc) is 2.89. The van der Waals surface area contributed by atoms with Gasteiger partial charge < -0.3 is 15.2 Å². The van der Waals surface area contributed by atoms with E-state index in [1.165, 1.54) is 7.11 Å². The van der Waals surface area contributed by atoms with Crippen LogP contribution in [-0.4, -0.2) is 13.0 Å². The van der Waals surface area contributed by atoms with Crippen molar-refractivity contribution in [3.05, 3.63) is 54.0 Å². The Hall–Kier alpha value is -1.44. The summed E-state index contributed by atoms with van der Waals surface area (Å²) in [5, 5.41) is 7.17. The average molecular weight is 260 g/mol. The van der Waals surface area contributed by atoms with Gasteiger partial charge in [0.1, 0.15) is 0 Å². The number of ether oxygens (including phenoxy) is 1. The molecule has 0 unspecified atom stereocenters. The molecule has 0 bridgehead atoms. The van der Waals surface area contributed by atoms with Crippen LogP contribution in [0.15, 0.2) is 23.8 Å². The molecule has 7 heteroatoms. The predicted octanol–water partition coefficient (Wildman–Crippen LogP) is 1.56. The maximum Gasteiger partial charge on any atom is 0 e. The number of methoxy groups -OCH3 is 1. The molecular weight excluding hydrogens is 252 g/mol. The van der Waals surface area contributed by atoms with Crippen LogP contribution >= 0.6 is 0 Å². The second-order valence-electron chi connectivity index (χ2n) is 1.71. The van der Waals surface area contributed by atoms with Crippen molar-refractivity contribution in [1.82, 2.24) is 0 Å². The van der Waals surface area contributed by atoms with Crippen molar-refractivity contribution in [2.24, 2.45) is 0 Å². The molecule has 0 atom stereocenters. The molecule has 0 aromatic rings. The Morgan fingerprint density at radius 2 is 1.75 bits per heavy atom. The Kier molecular flexibility index (Phi) is 35.1. The van der Waals surface area contributed by atoms with Crippen LogP contribution in [0.25, 0.3) is 5.59 Å². The van der Waals surface area contributed by atoms with Gasteiger partial charge in [0.05, 0.1) is 7.11 Å². The van der Waals surface area contributed by atoms with Crippen LogP contribution in [-0.2, 0) is 31.4 Å². The molecule has 6 nitrogen and oxygen atoms in total. The van der Waals surface area contributed by atoms with E-state index in [1.807, 2.05) is 24.6 Å². The molecule has 16 heavy (non-hydrogen) atoms. The summed E-state index contributed by atoms with van der Waals surface area (Å²) in [7, 11) is 1.50. The molecule has 1 radical (unpaired) electrons. The van der Waals surface area contributed by atoms with Gasteiger partial charge in [-0.25, -0.2) is 0 Å². The number of nitrogens with one attached hydrogen (secondary N) is 1. The van der Waals surface area contributed by atoms with Crippen molar-refractivity contribution < 1.29 is 31.4 Å². The zero-order valence-corrected chi connectivity index (χ0v) is 9.57. The molecule has 1 aliphatic rings. The van der Waals surface area contributed by atoms with Gasteiger partial charge in [0.2, 0.25) is 5.90 Å². The first-order valence-electron chi connectivity index (χ1n) is 3.28. The normalized spacial score (nSPS) is 9.19. The largest absolute Gasteiger partial charge is 0.577 e. The van der Waals surface area contributed by atoms with Gasteiger partial charge in [-0.05, 0) is 0 Å². The Bertz CT molecular complexity index is 265. The van der Waals surface area contributed by atoms with Crippen molar-refractivity contribution >= 4 is 5.90 Å². The molecule has 85 valence electrons. The van der Waals surface area contributed by atoms with Crippen LogP contribution in [0.5, 0.6) is 0 Å². The monoisotopic (exact) mass is 260 g/mol. The van der Waals surface area contributed by atoms with Crippen LogP contribution in [0.2, 0.25) is 0 Å². The molecule has 0 heterocycles. The van der Waals surface area contributed by atoms with Crippen LogP contribution in [0, 0.1) is 30.0 Å². The molecule has 1 rings (SSSR count). The number of hydrogen-bond acceptors (Lipinski definition) is 3. The maximum atomic E-state index is 7.50. The number of nitrogens with zero attached hydrogens (tertiary/aromatic N) is 1. The number of hydrogen-bond donors (Lipinski definition) is 1. The molecular formula is C9H8CrN2O4-. The van der Waals surface area contributed by atoms with Gasteiger partial charge in [0, 0.05) is 29.4 Å². The third-order valence-corrected chi connectivity index (χ3v) is 1.13. The van der Waals surface area contributed by atoms with Gasteiger partial charge in [-0.2, -0.15) is 0 Å². The summed E-state index contributed by atoms with van der Waals surface area (Å²) in [6, 6.07) is 0. The number of rotatable bonds is 1. The minimum absolute atomic E-state index is 0. The topological polar surface area (TPSA) is 112 Å². The predicted molar refractivity (Wildman–Crippen MR) is 50.8 cm³/mol. The molecule has 0 aromatic carbocycles. The van der Waals surface area contributed by atoms with Crippen LogP contribution in [0.4, 0.5) is 0 Å². The molecule has 0 amide bonds. The van der Waals surface area contributed by atoms with Crippen molar-refractivity contribution in [1.29, 1.82) is 5.41 Å². The van der Waals surface area contributed by atoms with E-state index in [0.717, 1.165) is 5.57 Å². The third-order valence-electron chi connectivity index (χ3n) is 1.13. The van der Waals surface area contributed by atoms with Gasteiger partial charge in [0.25, 0.3) is 0 Å². The van der Waals surface area contributed by atoms with Gasteiger partial charge in [-0.3, -0.25) is 5.41 Å². The van der Waals surface area contributed by atoms with E-state index in [-0.39, 0.29) is 23.3 Å². The first kappa shape index (κ1) is 24.0. The molecule has 0 aromatic heterocycles. The Labute approximate surface area is 104 Å². The minimum atomic E-state index is 0. The fourth-order valence-electron chi connectivity index (χ4n) is 0.643. The van der Waals surface area contributed by atoms with Crippen LogP contribution < -0.4 is 0 Å². The molecule has 0 fully saturated rings. The first-order chi connectivity index (χ1) is 7.34. The second kappa shape index (κ2) is 23.4. The Balaban J connectivity index is -0.0000000900. The standard InChI is InChI=1S/C7H8NO.2CO.Cr.NO/c1-9-7(8)6-4-2-3-5-6;2*1-2;;1-2/h2-5,8H,1H3;;;;/q;;;;-1. The molecule has 1 N–H and O–H groups in total. The van der Waals surface area contributed by atoms with Gasteiger partial charge >= 0.3 is 22.6 Å². The third kappa shape index (κ3) is 12.6. The SMILES string of the molecule is COC(=N)C1=CC=C[CH]1.[C-]#[O+].[C-]#[O+].[Cr].[N-]=O. The zero-order chi connectivity index (χ0) is 12.7. The fraction of sp³-hybridized carbons (Fsp3) is 0.111. The summed E-state index contributed by atoms with van der Waals surface area (Å²) in [4.78, 5) is 7.25. The van der Waals surface area contributed by atoms with E-state index in [2.05, 4.69) is 18.0 Å².